The van der Waals surface area contributed by atoms with Crippen molar-refractivity contribution in [1.29, 1.82) is 0 Å². The second-order valence-corrected chi connectivity index (χ2v) is 6.68. The Balaban J connectivity index is 1.51. The van der Waals surface area contributed by atoms with Gasteiger partial charge in [-0.1, -0.05) is 18.2 Å². The molecule has 1 aromatic carbocycles. The normalized spacial score (nSPS) is 17.1. The SMILES string of the molecule is NC(=O)COc1cccc(CN2CCNC(C(=O)NCc3ccccn3)C2)c1. The fourth-order valence-electron chi connectivity index (χ4n) is 3.08. The van der Waals surface area contributed by atoms with Crippen molar-refractivity contribution in [2.45, 2.75) is 19.1 Å². The predicted octanol–water partition coefficient (Wildman–Crippen LogP) is 0.0359. The molecule has 1 aliphatic rings. The molecule has 1 unspecified atom stereocenters. The van der Waals surface area contributed by atoms with Crippen LogP contribution in [0, 0.1) is 0 Å². The maximum absolute atomic E-state index is 12.5. The second-order valence-electron chi connectivity index (χ2n) is 6.68. The number of carbonyl (C=O) groups excluding carboxylic acids is 2. The summed E-state index contributed by atoms with van der Waals surface area (Å²) in [6, 6.07) is 12.9. The van der Waals surface area contributed by atoms with Gasteiger partial charge in [0.05, 0.1) is 18.3 Å². The smallest absolute Gasteiger partial charge is 0.255 e. The van der Waals surface area contributed by atoms with Gasteiger partial charge in [0.2, 0.25) is 5.91 Å². The molecule has 0 bridgehead atoms. The average Bonchev–Trinajstić information content (AvgIpc) is 2.72. The molecule has 2 amide bonds. The van der Waals surface area contributed by atoms with Crippen molar-refractivity contribution in [3.05, 3.63) is 59.9 Å². The Morgan fingerprint density at radius 1 is 1.29 bits per heavy atom. The quantitative estimate of drug-likeness (QED) is 0.594. The fraction of sp³-hybridized carbons (Fsp3) is 0.350. The Morgan fingerprint density at radius 2 is 2.18 bits per heavy atom. The number of rotatable bonds is 8. The number of hydrogen-bond acceptors (Lipinski definition) is 6. The van der Waals surface area contributed by atoms with Gasteiger partial charge in [0.25, 0.3) is 5.91 Å². The Morgan fingerprint density at radius 3 is 2.96 bits per heavy atom. The molecule has 1 aliphatic heterocycles. The number of amides is 2. The lowest BCUT2D eigenvalue weighted by atomic mass is 10.1. The first kappa shape index (κ1) is 19.8. The van der Waals surface area contributed by atoms with Gasteiger partial charge in [-0.2, -0.15) is 0 Å². The summed E-state index contributed by atoms with van der Waals surface area (Å²) in [5, 5.41) is 6.20. The van der Waals surface area contributed by atoms with Gasteiger partial charge in [0.15, 0.2) is 6.61 Å². The molecule has 1 fully saturated rings. The van der Waals surface area contributed by atoms with Gasteiger partial charge in [0, 0.05) is 32.4 Å². The van der Waals surface area contributed by atoms with Gasteiger partial charge >= 0.3 is 0 Å². The summed E-state index contributed by atoms with van der Waals surface area (Å²) in [6.07, 6.45) is 1.71. The van der Waals surface area contributed by atoms with Crippen LogP contribution in [0.5, 0.6) is 5.75 Å². The van der Waals surface area contributed by atoms with Gasteiger partial charge < -0.3 is 21.1 Å². The van der Waals surface area contributed by atoms with Crippen LogP contribution in [0.4, 0.5) is 0 Å². The van der Waals surface area contributed by atoms with E-state index in [1.54, 1.807) is 12.3 Å². The minimum atomic E-state index is -0.507. The Bertz CT molecular complexity index is 799. The van der Waals surface area contributed by atoms with E-state index in [0.29, 0.717) is 25.4 Å². The number of aromatic nitrogens is 1. The third-order valence-electron chi connectivity index (χ3n) is 4.43. The molecule has 1 saturated heterocycles. The summed E-state index contributed by atoms with van der Waals surface area (Å²) in [5.74, 6) is 0.0667. The molecule has 3 rings (SSSR count). The molecule has 0 aliphatic carbocycles. The molecule has 8 heteroatoms. The van der Waals surface area contributed by atoms with Crippen LogP contribution in [0.25, 0.3) is 0 Å². The maximum Gasteiger partial charge on any atom is 0.255 e. The van der Waals surface area contributed by atoms with E-state index < -0.39 is 5.91 Å². The summed E-state index contributed by atoms with van der Waals surface area (Å²) in [5.41, 5.74) is 6.99. The molecule has 0 radical (unpaired) electrons. The summed E-state index contributed by atoms with van der Waals surface area (Å²) in [7, 11) is 0. The van der Waals surface area contributed by atoms with Crippen molar-refractivity contribution in [2.24, 2.45) is 5.73 Å². The molecule has 4 N–H and O–H groups in total. The third-order valence-corrected chi connectivity index (χ3v) is 4.43. The minimum absolute atomic E-state index is 0.0334. The lowest BCUT2D eigenvalue weighted by Gasteiger charge is -2.33. The zero-order valence-electron chi connectivity index (χ0n) is 15.6. The van der Waals surface area contributed by atoms with Crippen molar-refractivity contribution in [3.63, 3.8) is 0 Å². The lowest BCUT2D eigenvalue weighted by Crippen LogP contribution is -2.56. The van der Waals surface area contributed by atoms with Crippen LogP contribution in [-0.2, 0) is 22.7 Å². The number of nitrogens with two attached hydrogens (primary N) is 1. The Hall–Kier alpha value is -2.97. The number of carbonyl (C=O) groups is 2. The fourth-order valence-corrected chi connectivity index (χ4v) is 3.08. The molecule has 2 aromatic rings. The zero-order valence-corrected chi connectivity index (χ0v) is 15.6. The Kier molecular flexibility index (Phi) is 6.94. The van der Waals surface area contributed by atoms with Crippen LogP contribution in [0.3, 0.4) is 0 Å². The highest BCUT2D eigenvalue weighted by molar-refractivity contribution is 5.82. The highest BCUT2D eigenvalue weighted by Gasteiger charge is 2.25. The minimum Gasteiger partial charge on any atom is -0.484 e. The van der Waals surface area contributed by atoms with Crippen LogP contribution in [-0.4, -0.2) is 54.0 Å². The predicted molar refractivity (Wildman–Crippen MR) is 104 cm³/mol. The number of ether oxygens (including phenoxy) is 1. The molecule has 1 aromatic heterocycles. The van der Waals surface area contributed by atoms with E-state index in [4.69, 9.17) is 10.5 Å². The first-order valence-corrected chi connectivity index (χ1v) is 9.23. The van der Waals surface area contributed by atoms with Crippen LogP contribution in [0.1, 0.15) is 11.3 Å². The lowest BCUT2D eigenvalue weighted by molar-refractivity contribution is -0.124. The van der Waals surface area contributed by atoms with Crippen molar-refractivity contribution in [2.75, 3.05) is 26.2 Å². The van der Waals surface area contributed by atoms with Crippen LogP contribution < -0.4 is 21.1 Å². The Labute approximate surface area is 164 Å². The monoisotopic (exact) mass is 383 g/mol. The third kappa shape index (κ3) is 6.04. The van der Waals surface area contributed by atoms with E-state index in [1.807, 2.05) is 36.4 Å². The summed E-state index contributed by atoms with van der Waals surface area (Å²) in [6.45, 7) is 3.16. The molecule has 28 heavy (non-hydrogen) atoms. The topological polar surface area (TPSA) is 110 Å². The molecule has 0 saturated carbocycles. The number of piperazine rings is 1. The summed E-state index contributed by atoms with van der Waals surface area (Å²) >= 11 is 0. The number of nitrogens with zero attached hydrogens (tertiary/aromatic N) is 2. The highest BCUT2D eigenvalue weighted by Crippen LogP contribution is 2.16. The highest BCUT2D eigenvalue weighted by atomic mass is 16.5. The van der Waals surface area contributed by atoms with Crippen molar-refractivity contribution in [3.8, 4) is 5.75 Å². The maximum atomic E-state index is 12.5. The van der Waals surface area contributed by atoms with Crippen LogP contribution in [0.15, 0.2) is 48.7 Å². The molecule has 0 spiro atoms. The van der Waals surface area contributed by atoms with E-state index >= 15 is 0 Å². The zero-order chi connectivity index (χ0) is 19.8. The van der Waals surface area contributed by atoms with Gasteiger partial charge in [-0.3, -0.25) is 19.5 Å². The number of nitrogens with one attached hydrogen (secondary N) is 2. The van der Waals surface area contributed by atoms with Crippen molar-refractivity contribution >= 4 is 11.8 Å². The first-order chi connectivity index (χ1) is 13.6. The average molecular weight is 383 g/mol. The van der Waals surface area contributed by atoms with E-state index in [0.717, 1.165) is 24.3 Å². The van der Waals surface area contributed by atoms with Crippen LogP contribution in [0.2, 0.25) is 0 Å². The number of benzene rings is 1. The van der Waals surface area contributed by atoms with Gasteiger partial charge in [-0.15, -0.1) is 0 Å². The van der Waals surface area contributed by atoms with Gasteiger partial charge in [-0.25, -0.2) is 0 Å². The molecule has 148 valence electrons. The van der Waals surface area contributed by atoms with Gasteiger partial charge in [-0.05, 0) is 29.8 Å². The standard InChI is InChI=1S/C20H25N5O3/c21-19(26)14-28-17-6-3-4-15(10-17)12-25-9-8-23-18(13-25)20(27)24-11-16-5-1-2-7-22-16/h1-7,10,18,23H,8-9,11-14H2,(H2,21,26)(H,24,27). The molecular weight excluding hydrogens is 358 g/mol. The summed E-state index contributed by atoms with van der Waals surface area (Å²) in [4.78, 5) is 29.8. The van der Waals surface area contributed by atoms with Gasteiger partial charge in [0.1, 0.15) is 5.75 Å². The van der Waals surface area contributed by atoms with E-state index in [-0.39, 0.29) is 18.6 Å². The van der Waals surface area contributed by atoms with E-state index in [9.17, 15) is 9.59 Å². The number of primary amides is 1. The number of pyridine rings is 1. The molecule has 1 atom stereocenters. The van der Waals surface area contributed by atoms with E-state index in [2.05, 4.69) is 20.5 Å². The van der Waals surface area contributed by atoms with Crippen molar-refractivity contribution < 1.29 is 14.3 Å². The molecular formula is C20H25N5O3. The molecule has 2 heterocycles. The molecule has 8 nitrogen and oxygen atoms in total. The van der Waals surface area contributed by atoms with E-state index in [1.165, 1.54) is 0 Å². The first-order valence-electron chi connectivity index (χ1n) is 9.23. The second kappa shape index (κ2) is 9.82. The number of hydrogen-bond donors (Lipinski definition) is 3. The van der Waals surface area contributed by atoms with Crippen molar-refractivity contribution in [1.82, 2.24) is 20.5 Å². The largest absolute Gasteiger partial charge is 0.484 e. The summed E-state index contributed by atoms with van der Waals surface area (Å²) < 4.78 is 5.36. The van der Waals surface area contributed by atoms with Crippen LogP contribution >= 0.6 is 0 Å².